The number of benzene rings is 1. The molecule has 1 saturated heterocycles. The van der Waals surface area contributed by atoms with E-state index in [1.54, 1.807) is 11.8 Å². The highest BCUT2D eigenvalue weighted by Crippen LogP contribution is 2.33. The quantitative estimate of drug-likeness (QED) is 0.571. The van der Waals surface area contributed by atoms with Crippen LogP contribution < -0.4 is 10.1 Å². The molecule has 1 aliphatic carbocycles. The van der Waals surface area contributed by atoms with Crippen molar-refractivity contribution in [2.45, 2.75) is 58.0 Å². The molecule has 2 aromatic heterocycles. The zero-order chi connectivity index (χ0) is 24.7. The molecule has 1 amide bonds. The number of fused-ring (bicyclic) bond motifs is 1. The van der Waals surface area contributed by atoms with Gasteiger partial charge in [0, 0.05) is 11.6 Å². The van der Waals surface area contributed by atoms with Gasteiger partial charge in [0.2, 0.25) is 0 Å². The molecule has 2 aliphatic rings. The number of hydrogen-bond donors (Lipinski definition) is 1. The first kappa shape index (κ1) is 23.8. The smallest absolute Gasteiger partial charge is 0.252 e. The molecule has 0 spiro atoms. The number of rotatable bonds is 5. The Morgan fingerprint density at radius 3 is 2.54 bits per heavy atom. The van der Waals surface area contributed by atoms with E-state index in [0.717, 1.165) is 30.6 Å². The number of nitrogens with one attached hydrogen (secondary N) is 1. The summed E-state index contributed by atoms with van der Waals surface area (Å²) in [6, 6.07) is 9.21. The summed E-state index contributed by atoms with van der Waals surface area (Å²) < 4.78 is 31.4. The Kier molecular flexibility index (Phi) is 6.29. The largest absolute Gasteiger partial charge is 0.497 e. The second-order valence-electron chi connectivity index (χ2n) is 9.91. The van der Waals surface area contributed by atoms with Crippen LogP contribution >= 0.6 is 0 Å². The first-order valence-electron chi connectivity index (χ1n) is 12.3. The predicted molar refractivity (Wildman–Crippen MR) is 135 cm³/mol. The number of amides is 1. The molecule has 2 fully saturated rings. The maximum atomic E-state index is 13.7. The fourth-order valence-electron chi connectivity index (χ4n) is 5.40. The van der Waals surface area contributed by atoms with Crippen LogP contribution in [0, 0.1) is 12.8 Å². The number of methoxy groups -OCH3 is 1. The number of ether oxygens (including phenoxy) is 1. The second-order valence-corrected chi connectivity index (χ2v) is 12.1. The standard InChI is InChI=1S/C26H32N4O4S/c1-16-6-4-5-7-22(16)28-26(31)21-14-23(18-8-10-20(34-3)11-9-18)27-25-24(21)17(2)29-30(25)19-12-13-35(32,33)15-19/h8-11,14,16,19,22H,4-7,12-13,15H2,1-3H3,(H,28,31)/t16-,19-,22-/m1/s1. The van der Waals surface area contributed by atoms with E-state index >= 15 is 0 Å². The lowest BCUT2D eigenvalue weighted by Crippen LogP contribution is -2.41. The van der Waals surface area contributed by atoms with Crippen molar-refractivity contribution in [2.75, 3.05) is 18.6 Å². The third-order valence-electron chi connectivity index (χ3n) is 7.45. The van der Waals surface area contributed by atoms with Gasteiger partial charge in [0.15, 0.2) is 15.5 Å². The minimum absolute atomic E-state index is 0.0405. The van der Waals surface area contributed by atoms with Crippen LogP contribution in [0.1, 0.15) is 61.1 Å². The van der Waals surface area contributed by atoms with Gasteiger partial charge in [-0.25, -0.2) is 18.1 Å². The van der Waals surface area contributed by atoms with Crippen molar-refractivity contribution in [2.24, 2.45) is 5.92 Å². The number of nitrogens with zero attached hydrogens (tertiary/aromatic N) is 3. The molecular formula is C26H32N4O4S. The number of pyridine rings is 1. The van der Waals surface area contributed by atoms with Gasteiger partial charge in [-0.2, -0.15) is 5.10 Å². The minimum Gasteiger partial charge on any atom is -0.497 e. The molecule has 1 saturated carbocycles. The lowest BCUT2D eigenvalue weighted by Gasteiger charge is -2.29. The van der Waals surface area contributed by atoms with Gasteiger partial charge in [-0.05, 0) is 62.4 Å². The molecule has 186 valence electrons. The highest BCUT2D eigenvalue weighted by Gasteiger charge is 2.33. The summed E-state index contributed by atoms with van der Waals surface area (Å²) in [5, 5.41) is 8.66. The number of hydrogen-bond acceptors (Lipinski definition) is 6. The lowest BCUT2D eigenvalue weighted by molar-refractivity contribution is 0.0912. The molecule has 0 radical (unpaired) electrons. The van der Waals surface area contributed by atoms with Gasteiger partial charge in [0.05, 0.1) is 47.0 Å². The summed E-state index contributed by atoms with van der Waals surface area (Å²) in [7, 11) is -1.49. The van der Waals surface area contributed by atoms with Crippen LogP contribution in [-0.4, -0.2) is 53.7 Å². The Morgan fingerprint density at radius 2 is 1.89 bits per heavy atom. The second kappa shape index (κ2) is 9.26. The Bertz CT molecular complexity index is 1360. The normalized spacial score (nSPS) is 23.9. The minimum atomic E-state index is -3.11. The van der Waals surface area contributed by atoms with E-state index in [0.29, 0.717) is 40.3 Å². The molecule has 3 atom stereocenters. The van der Waals surface area contributed by atoms with E-state index in [2.05, 4.69) is 12.2 Å². The van der Waals surface area contributed by atoms with Gasteiger partial charge in [-0.3, -0.25) is 4.79 Å². The van der Waals surface area contributed by atoms with Crippen LogP contribution in [0.3, 0.4) is 0 Å². The maximum Gasteiger partial charge on any atom is 0.252 e. The van der Waals surface area contributed by atoms with Crippen molar-refractivity contribution in [1.82, 2.24) is 20.1 Å². The van der Waals surface area contributed by atoms with E-state index in [-0.39, 0.29) is 29.5 Å². The van der Waals surface area contributed by atoms with Gasteiger partial charge < -0.3 is 10.1 Å². The molecule has 5 rings (SSSR count). The van der Waals surface area contributed by atoms with E-state index in [1.165, 1.54) is 6.42 Å². The van der Waals surface area contributed by atoms with Gasteiger partial charge >= 0.3 is 0 Å². The van der Waals surface area contributed by atoms with E-state index in [1.807, 2.05) is 37.3 Å². The average Bonchev–Trinajstić information content (AvgIpc) is 3.38. The van der Waals surface area contributed by atoms with Gasteiger partial charge in [0.25, 0.3) is 5.91 Å². The van der Waals surface area contributed by atoms with E-state index < -0.39 is 9.84 Å². The summed E-state index contributed by atoms with van der Waals surface area (Å²) in [6.07, 6.45) is 4.90. The van der Waals surface area contributed by atoms with Crippen LogP contribution in [-0.2, 0) is 9.84 Å². The molecule has 9 heteroatoms. The van der Waals surface area contributed by atoms with Gasteiger partial charge in [-0.1, -0.05) is 19.8 Å². The number of carbonyl (C=O) groups is 1. The molecule has 1 N–H and O–H groups in total. The fourth-order valence-corrected chi connectivity index (χ4v) is 7.09. The molecule has 0 bridgehead atoms. The summed E-state index contributed by atoms with van der Waals surface area (Å²) >= 11 is 0. The first-order valence-corrected chi connectivity index (χ1v) is 14.1. The summed E-state index contributed by atoms with van der Waals surface area (Å²) in [4.78, 5) is 18.6. The molecule has 0 unspecified atom stereocenters. The van der Waals surface area contributed by atoms with Crippen LogP contribution in [0.5, 0.6) is 5.75 Å². The molecule has 35 heavy (non-hydrogen) atoms. The Balaban J connectivity index is 1.63. The molecular weight excluding hydrogens is 464 g/mol. The van der Waals surface area contributed by atoms with E-state index in [4.69, 9.17) is 14.8 Å². The molecule has 8 nitrogen and oxygen atoms in total. The van der Waals surface area contributed by atoms with Crippen LogP contribution in [0.15, 0.2) is 30.3 Å². The summed E-state index contributed by atoms with van der Waals surface area (Å²) in [6.45, 7) is 4.05. The zero-order valence-corrected chi connectivity index (χ0v) is 21.3. The first-order chi connectivity index (χ1) is 16.8. The van der Waals surface area contributed by atoms with Crippen molar-refractivity contribution in [3.05, 3.63) is 41.6 Å². The van der Waals surface area contributed by atoms with Crippen molar-refractivity contribution in [3.8, 4) is 17.0 Å². The monoisotopic (exact) mass is 496 g/mol. The Labute approximate surface area is 206 Å². The number of aryl methyl sites for hydroxylation is 1. The lowest BCUT2D eigenvalue weighted by atomic mass is 9.86. The van der Waals surface area contributed by atoms with Crippen LogP contribution in [0.4, 0.5) is 0 Å². The van der Waals surface area contributed by atoms with Crippen LogP contribution in [0.25, 0.3) is 22.3 Å². The van der Waals surface area contributed by atoms with Crippen molar-refractivity contribution < 1.29 is 17.9 Å². The van der Waals surface area contributed by atoms with E-state index in [9.17, 15) is 13.2 Å². The van der Waals surface area contributed by atoms with Gasteiger partial charge in [0.1, 0.15) is 5.75 Å². The summed E-state index contributed by atoms with van der Waals surface area (Å²) in [5.74, 6) is 1.21. The zero-order valence-electron chi connectivity index (χ0n) is 20.5. The highest BCUT2D eigenvalue weighted by atomic mass is 32.2. The fraction of sp³-hybridized carbons (Fsp3) is 0.500. The SMILES string of the molecule is COc1ccc(-c2cc(C(=O)N[C@@H]3CCCC[C@H]3C)c3c(C)nn([C@@H]4CCS(=O)(=O)C4)c3n2)cc1. The van der Waals surface area contributed by atoms with Crippen molar-refractivity contribution in [3.63, 3.8) is 0 Å². The Hall–Kier alpha value is -2.94. The third-order valence-corrected chi connectivity index (χ3v) is 9.20. The number of sulfone groups is 1. The highest BCUT2D eigenvalue weighted by molar-refractivity contribution is 7.91. The van der Waals surface area contributed by atoms with Crippen molar-refractivity contribution in [1.29, 1.82) is 0 Å². The Morgan fingerprint density at radius 1 is 1.14 bits per heavy atom. The number of carbonyl (C=O) groups excluding carboxylic acids is 1. The van der Waals surface area contributed by atoms with Crippen LogP contribution in [0.2, 0.25) is 0 Å². The summed E-state index contributed by atoms with van der Waals surface area (Å²) in [5.41, 5.74) is 3.25. The number of aromatic nitrogens is 3. The third kappa shape index (κ3) is 4.66. The molecule has 3 heterocycles. The topological polar surface area (TPSA) is 103 Å². The van der Waals surface area contributed by atoms with Crippen molar-refractivity contribution >= 4 is 26.8 Å². The molecule has 1 aliphatic heterocycles. The molecule has 3 aromatic rings. The average molecular weight is 497 g/mol. The molecule has 1 aromatic carbocycles. The predicted octanol–water partition coefficient (Wildman–Crippen LogP) is 4.08. The maximum absolute atomic E-state index is 13.7. The van der Waals surface area contributed by atoms with Gasteiger partial charge in [-0.15, -0.1) is 0 Å².